The number of carbonyl (C=O) groups is 2. The highest BCUT2D eigenvalue weighted by atomic mass is 16.5. The molecule has 0 saturated heterocycles. The van der Waals surface area contributed by atoms with Gasteiger partial charge in [0.15, 0.2) is 5.79 Å². The van der Waals surface area contributed by atoms with Gasteiger partial charge in [0.1, 0.15) is 0 Å². The molecule has 1 aliphatic rings. The van der Waals surface area contributed by atoms with Gasteiger partial charge in [0.2, 0.25) is 0 Å². The van der Waals surface area contributed by atoms with Gasteiger partial charge < -0.3 is 20.4 Å². The average molecular weight is 360 g/mol. The molecule has 1 saturated carbocycles. The third kappa shape index (κ3) is 19.0. The fraction of sp³-hybridized carbons (Fsp3) is 0.895. The van der Waals surface area contributed by atoms with Crippen molar-refractivity contribution in [1.29, 1.82) is 0 Å². The predicted octanol–water partition coefficient (Wildman–Crippen LogP) is 4.08. The first-order valence-corrected chi connectivity index (χ1v) is 9.72. The van der Waals surface area contributed by atoms with Gasteiger partial charge in [-0.2, -0.15) is 0 Å². The number of aliphatic hydroxyl groups is 2. The van der Waals surface area contributed by atoms with Gasteiger partial charge in [-0.3, -0.25) is 9.59 Å². The van der Waals surface area contributed by atoms with Crippen LogP contribution in [0.3, 0.4) is 0 Å². The van der Waals surface area contributed by atoms with Crippen LogP contribution in [0.5, 0.6) is 0 Å². The van der Waals surface area contributed by atoms with E-state index >= 15 is 0 Å². The highest BCUT2D eigenvalue weighted by Crippen LogP contribution is 2.24. The highest BCUT2D eigenvalue weighted by molar-refractivity contribution is 5.66. The van der Waals surface area contributed by atoms with Crippen LogP contribution in [-0.2, 0) is 9.59 Å². The number of unbranched alkanes of at least 4 members (excludes halogenated alkanes) is 8. The van der Waals surface area contributed by atoms with Crippen LogP contribution < -0.4 is 0 Å². The van der Waals surface area contributed by atoms with Gasteiger partial charge in [-0.25, -0.2) is 0 Å². The number of aliphatic carboxylic acids is 2. The van der Waals surface area contributed by atoms with Crippen LogP contribution in [0.25, 0.3) is 0 Å². The molecule has 0 spiro atoms. The van der Waals surface area contributed by atoms with E-state index in [0.29, 0.717) is 12.8 Å². The molecule has 0 unspecified atom stereocenters. The Labute approximate surface area is 151 Å². The largest absolute Gasteiger partial charge is 0.481 e. The zero-order chi connectivity index (χ0) is 19.0. The van der Waals surface area contributed by atoms with Crippen LogP contribution in [0.1, 0.15) is 103 Å². The van der Waals surface area contributed by atoms with Crippen LogP contribution in [0.2, 0.25) is 0 Å². The molecule has 6 heteroatoms. The van der Waals surface area contributed by atoms with Crippen LogP contribution in [0.15, 0.2) is 0 Å². The van der Waals surface area contributed by atoms with Crippen molar-refractivity contribution >= 4 is 11.9 Å². The summed E-state index contributed by atoms with van der Waals surface area (Å²) >= 11 is 0. The third-order valence-electron chi connectivity index (χ3n) is 4.44. The van der Waals surface area contributed by atoms with E-state index in [4.69, 9.17) is 20.4 Å². The maximum Gasteiger partial charge on any atom is 0.303 e. The minimum absolute atomic E-state index is 0.287. The SMILES string of the molecule is O=C(O)CCCCCCCCCCCC(=O)O.OC1(O)CCCCC1. The lowest BCUT2D eigenvalue weighted by Crippen LogP contribution is -2.30. The van der Waals surface area contributed by atoms with Gasteiger partial charge in [0.25, 0.3) is 0 Å². The molecular formula is C19H36O6. The van der Waals surface area contributed by atoms with Crippen LogP contribution in [-0.4, -0.2) is 38.2 Å². The van der Waals surface area contributed by atoms with E-state index in [1.165, 1.54) is 19.3 Å². The highest BCUT2D eigenvalue weighted by Gasteiger charge is 2.24. The molecular weight excluding hydrogens is 324 g/mol. The zero-order valence-corrected chi connectivity index (χ0v) is 15.4. The van der Waals surface area contributed by atoms with Gasteiger partial charge in [0, 0.05) is 25.7 Å². The Kier molecular flexibility index (Phi) is 14.5. The number of rotatable bonds is 12. The quantitative estimate of drug-likeness (QED) is 0.308. The third-order valence-corrected chi connectivity index (χ3v) is 4.44. The van der Waals surface area contributed by atoms with E-state index < -0.39 is 17.7 Å². The van der Waals surface area contributed by atoms with E-state index in [9.17, 15) is 9.59 Å². The van der Waals surface area contributed by atoms with Crippen molar-refractivity contribution in [3.05, 3.63) is 0 Å². The van der Waals surface area contributed by atoms with Gasteiger partial charge in [-0.15, -0.1) is 0 Å². The first-order chi connectivity index (χ1) is 11.8. The fourth-order valence-electron chi connectivity index (χ4n) is 2.91. The lowest BCUT2D eigenvalue weighted by Gasteiger charge is -2.25. The summed E-state index contributed by atoms with van der Waals surface area (Å²) in [6.45, 7) is 0. The standard InChI is InChI=1S/C13H24O4.C6H12O2/c14-12(15)10-8-6-4-2-1-3-5-7-9-11-13(16)17;7-6(8)4-2-1-3-5-6/h1-11H2,(H,14,15)(H,16,17);7-8H,1-5H2. The maximum atomic E-state index is 10.2. The molecule has 0 aromatic heterocycles. The summed E-state index contributed by atoms with van der Waals surface area (Å²) in [4.78, 5) is 20.5. The molecule has 1 aliphatic carbocycles. The van der Waals surface area contributed by atoms with Crippen molar-refractivity contribution in [1.82, 2.24) is 0 Å². The topological polar surface area (TPSA) is 115 Å². The summed E-state index contributed by atoms with van der Waals surface area (Å²) in [6, 6.07) is 0. The second kappa shape index (κ2) is 15.1. The van der Waals surface area contributed by atoms with Crippen molar-refractivity contribution in [2.24, 2.45) is 0 Å². The molecule has 25 heavy (non-hydrogen) atoms. The van der Waals surface area contributed by atoms with E-state index in [0.717, 1.165) is 57.8 Å². The van der Waals surface area contributed by atoms with Crippen molar-refractivity contribution in [3.63, 3.8) is 0 Å². The van der Waals surface area contributed by atoms with Gasteiger partial charge in [-0.1, -0.05) is 51.4 Å². The van der Waals surface area contributed by atoms with Crippen molar-refractivity contribution < 1.29 is 30.0 Å². The van der Waals surface area contributed by atoms with Gasteiger partial charge in [0.05, 0.1) is 0 Å². The molecule has 0 heterocycles. The lowest BCUT2D eigenvalue weighted by atomic mass is 9.95. The summed E-state index contributed by atoms with van der Waals surface area (Å²) in [5.41, 5.74) is 0. The molecule has 4 N–H and O–H groups in total. The molecule has 0 aromatic carbocycles. The minimum atomic E-state index is -1.32. The van der Waals surface area contributed by atoms with Crippen molar-refractivity contribution in [2.45, 2.75) is 109 Å². The number of hydrogen-bond acceptors (Lipinski definition) is 4. The van der Waals surface area contributed by atoms with Crippen LogP contribution in [0, 0.1) is 0 Å². The molecule has 1 rings (SSSR count). The molecule has 0 atom stereocenters. The normalized spacial score (nSPS) is 15.9. The van der Waals surface area contributed by atoms with E-state index in [1.54, 1.807) is 0 Å². The number of hydrogen-bond donors (Lipinski definition) is 4. The fourth-order valence-corrected chi connectivity index (χ4v) is 2.91. The van der Waals surface area contributed by atoms with Crippen molar-refractivity contribution in [3.8, 4) is 0 Å². The van der Waals surface area contributed by atoms with Crippen molar-refractivity contribution in [2.75, 3.05) is 0 Å². The zero-order valence-electron chi connectivity index (χ0n) is 15.4. The molecule has 0 radical (unpaired) electrons. The second-order valence-electron chi connectivity index (χ2n) is 7.01. The smallest absolute Gasteiger partial charge is 0.303 e. The van der Waals surface area contributed by atoms with Crippen LogP contribution >= 0.6 is 0 Å². The second-order valence-corrected chi connectivity index (χ2v) is 7.01. The first kappa shape index (κ1) is 23.9. The molecule has 1 fully saturated rings. The Morgan fingerprint density at radius 3 is 1.16 bits per heavy atom. The van der Waals surface area contributed by atoms with E-state index in [2.05, 4.69) is 0 Å². The Bertz CT molecular complexity index is 324. The van der Waals surface area contributed by atoms with Crippen LogP contribution in [0.4, 0.5) is 0 Å². The summed E-state index contributed by atoms with van der Waals surface area (Å²) in [5, 5.41) is 34.7. The van der Waals surface area contributed by atoms with Gasteiger partial charge >= 0.3 is 11.9 Å². The Morgan fingerprint density at radius 1 is 0.600 bits per heavy atom. The lowest BCUT2D eigenvalue weighted by molar-refractivity contribution is -0.180. The molecule has 0 amide bonds. The average Bonchev–Trinajstić information content (AvgIpc) is 2.52. The summed E-state index contributed by atoms with van der Waals surface area (Å²) in [6.07, 6.45) is 14.1. The molecule has 148 valence electrons. The number of carboxylic acids is 2. The monoisotopic (exact) mass is 360 g/mol. The summed E-state index contributed by atoms with van der Waals surface area (Å²) in [5.74, 6) is -2.73. The first-order valence-electron chi connectivity index (χ1n) is 9.72. The Morgan fingerprint density at radius 2 is 0.920 bits per heavy atom. The molecule has 0 bridgehead atoms. The van der Waals surface area contributed by atoms with E-state index in [-0.39, 0.29) is 12.8 Å². The molecule has 6 nitrogen and oxygen atoms in total. The summed E-state index contributed by atoms with van der Waals surface area (Å²) < 4.78 is 0. The molecule has 0 aromatic rings. The van der Waals surface area contributed by atoms with Gasteiger partial charge in [-0.05, 0) is 25.7 Å². The summed E-state index contributed by atoms with van der Waals surface area (Å²) in [7, 11) is 0. The number of carboxylic acid groups (broad SMARTS) is 2. The minimum Gasteiger partial charge on any atom is -0.481 e. The Balaban J connectivity index is 0.000000593. The predicted molar refractivity (Wildman–Crippen MR) is 96.3 cm³/mol. The van der Waals surface area contributed by atoms with E-state index in [1.807, 2.05) is 0 Å². The molecule has 0 aliphatic heterocycles. The Hall–Kier alpha value is -1.14. The maximum absolute atomic E-state index is 10.2.